The topological polar surface area (TPSA) is 73.7 Å². The largest absolute Gasteiger partial charge is 0.465 e. The van der Waals surface area contributed by atoms with Crippen molar-refractivity contribution < 1.29 is 14.7 Å². The van der Waals surface area contributed by atoms with Gasteiger partial charge in [-0.15, -0.1) is 0 Å². The summed E-state index contributed by atoms with van der Waals surface area (Å²) in [7, 11) is 0. The highest BCUT2D eigenvalue weighted by atomic mass is 16.4. The van der Waals surface area contributed by atoms with Crippen molar-refractivity contribution in [3.8, 4) is 11.3 Å². The van der Waals surface area contributed by atoms with Crippen molar-refractivity contribution in [2.24, 2.45) is 5.92 Å². The molecule has 2 aliphatic rings. The van der Waals surface area contributed by atoms with E-state index in [0.29, 0.717) is 31.1 Å². The van der Waals surface area contributed by atoms with Crippen LogP contribution >= 0.6 is 0 Å². The van der Waals surface area contributed by atoms with Crippen LogP contribution in [-0.2, 0) is 0 Å². The van der Waals surface area contributed by atoms with Crippen LogP contribution in [0.1, 0.15) is 22.3 Å². The number of amides is 2. The van der Waals surface area contributed by atoms with Crippen molar-refractivity contribution in [2.75, 3.05) is 19.6 Å². The summed E-state index contributed by atoms with van der Waals surface area (Å²) in [6.07, 6.45) is 1.67. The molecule has 1 aromatic carbocycles. The molecule has 0 aliphatic carbocycles. The number of aromatic nitrogens is 1. The second-order valence-electron chi connectivity index (χ2n) is 7.07. The number of benzene rings is 1. The first kappa shape index (κ1) is 16.6. The molecule has 0 radical (unpaired) electrons. The summed E-state index contributed by atoms with van der Waals surface area (Å²) in [5.41, 5.74) is 3.22. The fourth-order valence-electron chi connectivity index (χ4n) is 3.95. The minimum Gasteiger partial charge on any atom is -0.465 e. The van der Waals surface area contributed by atoms with E-state index in [1.165, 1.54) is 4.90 Å². The average molecular weight is 351 g/mol. The van der Waals surface area contributed by atoms with Gasteiger partial charge in [-0.3, -0.25) is 9.78 Å². The number of aryl methyl sites for hydroxylation is 1. The Hall–Kier alpha value is -2.89. The van der Waals surface area contributed by atoms with Crippen LogP contribution in [0, 0.1) is 12.8 Å². The minimum atomic E-state index is -0.898. The zero-order valence-corrected chi connectivity index (χ0v) is 14.6. The van der Waals surface area contributed by atoms with Gasteiger partial charge in [0.05, 0.1) is 11.7 Å². The maximum Gasteiger partial charge on any atom is 0.407 e. The molecular weight excluding hydrogens is 330 g/mol. The fourth-order valence-corrected chi connectivity index (χ4v) is 3.95. The Morgan fingerprint density at radius 3 is 2.77 bits per heavy atom. The van der Waals surface area contributed by atoms with E-state index in [1.807, 2.05) is 43.3 Å². The number of nitrogens with zero attached hydrogens (tertiary/aromatic N) is 3. The summed E-state index contributed by atoms with van der Waals surface area (Å²) >= 11 is 0. The lowest BCUT2D eigenvalue weighted by Gasteiger charge is -2.52. The molecule has 2 atom stereocenters. The molecule has 4 rings (SSSR count). The summed E-state index contributed by atoms with van der Waals surface area (Å²) in [5, 5.41) is 9.26. The SMILES string of the molecule is Cc1ccc(-c2ccccn2)c(C(=O)N2CCC3CN(C(=O)O)C3C2)c1. The Kier molecular flexibility index (Phi) is 4.11. The molecule has 2 amide bonds. The van der Waals surface area contributed by atoms with Crippen LogP contribution in [0.3, 0.4) is 0 Å². The van der Waals surface area contributed by atoms with Gasteiger partial charge >= 0.3 is 6.09 Å². The van der Waals surface area contributed by atoms with Gasteiger partial charge in [-0.25, -0.2) is 4.79 Å². The maximum absolute atomic E-state index is 13.2. The number of piperidine rings is 1. The summed E-state index contributed by atoms with van der Waals surface area (Å²) < 4.78 is 0. The second kappa shape index (κ2) is 6.44. The third-order valence-corrected chi connectivity index (χ3v) is 5.43. The van der Waals surface area contributed by atoms with E-state index >= 15 is 0 Å². The predicted octanol–water partition coefficient (Wildman–Crippen LogP) is 2.88. The van der Waals surface area contributed by atoms with Crippen LogP contribution in [0.5, 0.6) is 0 Å². The molecule has 2 fully saturated rings. The molecule has 0 saturated carbocycles. The number of pyridine rings is 1. The molecule has 2 aromatic rings. The van der Waals surface area contributed by atoms with Gasteiger partial charge < -0.3 is 14.9 Å². The number of hydrogen-bond donors (Lipinski definition) is 1. The van der Waals surface area contributed by atoms with Crippen molar-refractivity contribution >= 4 is 12.0 Å². The number of likely N-dealkylation sites (tertiary alicyclic amines) is 2. The Morgan fingerprint density at radius 1 is 1.19 bits per heavy atom. The van der Waals surface area contributed by atoms with Gasteiger partial charge in [0.2, 0.25) is 0 Å². The monoisotopic (exact) mass is 351 g/mol. The molecule has 2 unspecified atom stereocenters. The normalized spacial score (nSPS) is 21.7. The standard InChI is InChI=1S/C20H21N3O3/c1-13-5-6-15(17-4-2-3-8-21-17)16(10-13)19(24)22-9-7-14-11-23(20(25)26)18(14)12-22/h2-6,8,10,14,18H,7,9,11-12H2,1H3,(H,25,26). The smallest absolute Gasteiger partial charge is 0.407 e. The molecule has 0 spiro atoms. The van der Waals surface area contributed by atoms with Crippen molar-refractivity contribution in [2.45, 2.75) is 19.4 Å². The van der Waals surface area contributed by atoms with E-state index in [0.717, 1.165) is 23.2 Å². The van der Waals surface area contributed by atoms with E-state index in [-0.39, 0.29) is 11.9 Å². The van der Waals surface area contributed by atoms with Gasteiger partial charge in [0.1, 0.15) is 0 Å². The van der Waals surface area contributed by atoms with Crippen LogP contribution in [0.15, 0.2) is 42.6 Å². The first-order valence-electron chi connectivity index (χ1n) is 8.85. The molecule has 134 valence electrons. The van der Waals surface area contributed by atoms with E-state index in [4.69, 9.17) is 0 Å². The predicted molar refractivity (Wildman–Crippen MR) is 96.9 cm³/mol. The average Bonchev–Trinajstić information content (AvgIpc) is 2.62. The molecule has 6 heteroatoms. The Labute approximate surface area is 152 Å². The molecule has 1 N–H and O–H groups in total. The number of carboxylic acid groups (broad SMARTS) is 1. The van der Waals surface area contributed by atoms with Crippen molar-refractivity contribution in [1.29, 1.82) is 0 Å². The van der Waals surface area contributed by atoms with Crippen molar-refractivity contribution in [3.05, 3.63) is 53.7 Å². The fraction of sp³-hybridized carbons (Fsp3) is 0.350. The van der Waals surface area contributed by atoms with E-state index in [9.17, 15) is 14.7 Å². The molecular formula is C20H21N3O3. The Balaban J connectivity index is 1.62. The highest BCUT2D eigenvalue weighted by Crippen LogP contribution is 2.34. The van der Waals surface area contributed by atoms with Crippen LogP contribution in [0.2, 0.25) is 0 Å². The van der Waals surface area contributed by atoms with E-state index in [1.54, 1.807) is 11.1 Å². The summed E-state index contributed by atoms with van der Waals surface area (Å²) in [5.74, 6) is 0.327. The van der Waals surface area contributed by atoms with Crippen LogP contribution in [-0.4, -0.2) is 57.6 Å². The van der Waals surface area contributed by atoms with Gasteiger partial charge in [0.15, 0.2) is 0 Å². The lowest BCUT2D eigenvalue weighted by Crippen LogP contribution is -2.66. The lowest BCUT2D eigenvalue weighted by molar-refractivity contribution is -0.0242. The summed E-state index contributed by atoms with van der Waals surface area (Å²) in [6, 6.07) is 11.4. The number of fused-ring (bicyclic) bond motifs is 1. The molecule has 2 aliphatic heterocycles. The van der Waals surface area contributed by atoms with Crippen LogP contribution in [0.25, 0.3) is 11.3 Å². The first-order valence-corrected chi connectivity index (χ1v) is 8.85. The quantitative estimate of drug-likeness (QED) is 0.903. The third-order valence-electron chi connectivity index (χ3n) is 5.43. The Bertz CT molecular complexity index is 853. The summed E-state index contributed by atoms with van der Waals surface area (Å²) in [6.45, 7) is 3.68. The lowest BCUT2D eigenvalue weighted by atomic mass is 9.82. The molecule has 2 saturated heterocycles. The minimum absolute atomic E-state index is 0.0509. The van der Waals surface area contributed by atoms with Gasteiger partial charge in [-0.05, 0) is 31.5 Å². The number of hydrogen-bond acceptors (Lipinski definition) is 3. The van der Waals surface area contributed by atoms with Crippen molar-refractivity contribution in [1.82, 2.24) is 14.8 Å². The van der Waals surface area contributed by atoms with Crippen LogP contribution in [0.4, 0.5) is 4.79 Å². The number of carbonyl (C=O) groups excluding carboxylic acids is 1. The molecule has 1 aromatic heterocycles. The zero-order chi connectivity index (χ0) is 18.3. The second-order valence-corrected chi connectivity index (χ2v) is 7.07. The van der Waals surface area contributed by atoms with E-state index in [2.05, 4.69) is 4.98 Å². The molecule has 0 bridgehead atoms. The highest BCUT2D eigenvalue weighted by molar-refractivity contribution is 6.00. The van der Waals surface area contributed by atoms with Crippen LogP contribution < -0.4 is 0 Å². The van der Waals surface area contributed by atoms with Gasteiger partial charge in [0, 0.05) is 42.9 Å². The van der Waals surface area contributed by atoms with Gasteiger partial charge in [0.25, 0.3) is 5.91 Å². The third kappa shape index (κ3) is 2.81. The molecule has 6 nitrogen and oxygen atoms in total. The zero-order valence-electron chi connectivity index (χ0n) is 14.6. The molecule has 3 heterocycles. The first-order chi connectivity index (χ1) is 12.5. The van der Waals surface area contributed by atoms with Gasteiger partial charge in [-0.1, -0.05) is 23.8 Å². The van der Waals surface area contributed by atoms with Crippen molar-refractivity contribution in [3.63, 3.8) is 0 Å². The van der Waals surface area contributed by atoms with Gasteiger partial charge in [-0.2, -0.15) is 0 Å². The highest BCUT2D eigenvalue weighted by Gasteiger charge is 2.46. The molecule has 26 heavy (non-hydrogen) atoms. The maximum atomic E-state index is 13.2. The van der Waals surface area contributed by atoms with E-state index < -0.39 is 6.09 Å². The number of carbonyl (C=O) groups is 2. The Morgan fingerprint density at radius 2 is 2.04 bits per heavy atom. The summed E-state index contributed by atoms with van der Waals surface area (Å²) in [4.78, 5) is 32.1. The number of rotatable bonds is 2.